The summed E-state index contributed by atoms with van der Waals surface area (Å²) in [6.07, 6.45) is 0. The fraction of sp³-hybridized carbons (Fsp3) is 0.333. The monoisotopic (exact) mass is 307 g/mol. The Morgan fingerprint density at radius 1 is 1.50 bits per heavy atom. The standard InChI is InChI=1S/C9H10ClN3O3S2/c1-16-5-4-13-8(7-3-2-6-17-7)11-12-9(13)18(10,14)15/h2-3,6H,4-5H2,1H3. The van der Waals surface area contributed by atoms with E-state index >= 15 is 0 Å². The molecule has 0 atom stereocenters. The van der Waals surface area contributed by atoms with Crippen LogP contribution in [-0.4, -0.2) is 36.9 Å². The van der Waals surface area contributed by atoms with Crippen molar-refractivity contribution in [3.05, 3.63) is 17.5 Å². The minimum atomic E-state index is -3.92. The first kappa shape index (κ1) is 13.5. The largest absolute Gasteiger partial charge is 0.383 e. The highest BCUT2D eigenvalue weighted by atomic mass is 35.7. The minimum absolute atomic E-state index is 0.260. The van der Waals surface area contributed by atoms with Gasteiger partial charge >= 0.3 is 0 Å². The molecule has 0 saturated carbocycles. The molecule has 2 heterocycles. The van der Waals surface area contributed by atoms with E-state index in [-0.39, 0.29) is 5.16 Å². The fourth-order valence-corrected chi connectivity index (χ4v) is 3.08. The fourth-order valence-electron chi connectivity index (χ4n) is 1.44. The van der Waals surface area contributed by atoms with Gasteiger partial charge in [0.05, 0.1) is 18.0 Å². The zero-order valence-corrected chi connectivity index (χ0v) is 11.8. The van der Waals surface area contributed by atoms with Gasteiger partial charge in [-0.05, 0) is 11.4 Å². The molecule has 0 fully saturated rings. The van der Waals surface area contributed by atoms with Crippen LogP contribution in [0.5, 0.6) is 0 Å². The second-order valence-corrected chi connectivity index (χ2v) is 6.77. The zero-order valence-electron chi connectivity index (χ0n) is 9.41. The van der Waals surface area contributed by atoms with Gasteiger partial charge in [-0.1, -0.05) is 6.07 Å². The summed E-state index contributed by atoms with van der Waals surface area (Å²) in [6, 6.07) is 3.69. The molecule has 0 spiro atoms. The molecule has 9 heteroatoms. The lowest BCUT2D eigenvalue weighted by atomic mass is 10.4. The summed E-state index contributed by atoms with van der Waals surface area (Å²) in [7, 11) is 2.94. The molecule has 0 aromatic carbocycles. The van der Waals surface area contributed by atoms with Crippen LogP contribution in [0.4, 0.5) is 0 Å². The van der Waals surface area contributed by atoms with Gasteiger partial charge in [0.25, 0.3) is 14.2 Å². The Labute approximate surface area is 113 Å². The van der Waals surface area contributed by atoms with Crippen LogP contribution in [0.2, 0.25) is 0 Å². The van der Waals surface area contributed by atoms with E-state index in [1.54, 1.807) is 0 Å². The molecule has 98 valence electrons. The first-order valence-corrected chi connectivity index (χ1v) is 8.13. The predicted molar refractivity (Wildman–Crippen MR) is 68.2 cm³/mol. The highest BCUT2D eigenvalue weighted by Gasteiger charge is 2.23. The minimum Gasteiger partial charge on any atom is -0.383 e. The first-order chi connectivity index (χ1) is 8.54. The molecule has 0 bridgehead atoms. The van der Waals surface area contributed by atoms with Gasteiger partial charge in [0.2, 0.25) is 0 Å². The number of aromatic nitrogens is 3. The maximum absolute atomic E-state index is 11.4. The van der Waals surface area contributed by atoms with Crippen molar-refractivity contribution in [3.8, 4) is 10.7 Å². The lowest BCUT2D eigenvalue weighted by Crippen LogP contribution is -2.11. The molecule has 0 radical (unpaired) electrons. The zero-order chi connectivity index (χ0) is 13.2. The Hall–Kier alpha value is -0.960. The van der Waals surface area contributed by atoms with Crippen LogP contribution >= 0.6 is 22.0 Å². The Balaban J connectivity index is 2.51. The Morgan fingerprint density at radius 2 is 2.28 bits per heavy atom. The van der Waals surface area contributed by atoms with E-state index < -0.39 is 9.05 Å². The quantitative estimate of drug-likeness (QED) is 0.784. The van der Waals surface area contributed by atoms with Crippen molar-refractivity contribution in [2.75, 3.05) is 13.7 Å². The van der Waals surface area contributed by atoms with E-state index in [9.17, 15) is 8.42 Å². The molecule has 0 aliphatic heterocycles. The lowest BCUT2D eigenvalue weighted by Gasteiger charge is -2.06. The van der Waals surface area contributed by atoms with Crippen molar-refractivity contribution < 1.29 is 13.2 Å². The Kier molecular flexibility index (Phi) is 4.00. The molecule has 2 aromatic rings. The van der Waals surface area contributed by atoms with Crippen LogP contribution in [-0.2, 0) is 20.3 Å². The van der Waals surface area contributed by atoms with Crippen LogP contribution in [0.3, 0.4) is 0 Å². The van der Waals surface area contributed by atoms with Gasteiger partial charge in [0, 0.05) is 17.8 Å². The summed E-state index contributed by atoms with van der Waals surface area (Å²) in [5.74, 6) is 0.473. The van der Waals surface area contributed by atoms with E-state index in [1.807, 2.05) is 17.5 Å². The van der Waals surface area contributed by atoms with Gasteiger partial charge in [-0.25, -0.2) is 8.42 Å². The summed E-state index contributed by atoms with van der Waals surface area (Å²) >= 11 is 1.45. The second-order valence-electron chi connectivity index (χ2n) is 3.37. The number of hydrogen-bond acceptors (Lipinski definition) is 6. The maximum atomic E-state index is 11.4. The average molecular weight is 308 g/mol. The molecule has 2 aromatic heterocycles. The number of thiophene rings is 1. The van der Waals surface area contributed by atoms with Crippen molar-refractivity contribution >= 4 is 31.1 Å². The molecule has 6 nitrogen and oxygen atoms in total. The van der Waals surface area contributed by atoms with Crippen molar-refractivity contribution in [3.63, 3.8) is 0 Å². The normalized spacial score (nSPS) is 11.9. The van der Waals surface area contributed by atoms with Crippen molar-refractivity contribution in [1.29, 1.82) is 0 Å². The van der Waals surface area contributed by atoms with Gasteiger partial charge in [-0.15, -0.1) is 21.5 Å². The van der Waals surface area contributed by atoms with Gasteiger partial charge in [0.1, 0.15) is 0 Å². The molecular formula is C9H10ClN3O3S2. The number of ether oxygens (including phenoxy) is 1. The summed E-state index contributed by atoms with van der Waals surface area (Å²) in [4.78, 5) is 0.824. The Morgan fingerprint density at radius 3 is 2.83 bits per heavy atom. The van der Waals surface area contributed by atoms with Gasteiger partial charge < -0.3 is 4.74 Å². The molecule has 0 aliphatic carbocycles. The molecule has 18 heavy (non-hydrogen) atoms. The molecule has 0 unspecified atom stereocenters. The smallest absolute Gasteiger partial charge is 0.296 e. The number of nitrogens with zero attached hydrogens (tertiary/aromatic N) is 3. The van der Waals surface area contributed by atoms with Crippen molar-refractivity contribution in [2.45, 2.75) is 11.7 Å². The first-order valence-electron chi connectivity index (χ1n) is 4.94. The molecule has 2 rings (SSSR count). The molecular weight excluding hydrogens is 298 g/mol. The third-order valence-corrected chi connectivity index (χ3v) is 4.21. The van der Waals surface area contributed by atoms with E-state index in [4.69, 9.17) is 15.4 Å². The van der Waals surface area contributed by atoms with Crippen LogP contribution in [0.1, 0.15) is 0 Å². The summed E-state index contributed by atoms with van der Waals surface area (Å²) in [6.45, 7) is 0.661. The van der Waals surface area contributed by atoms with E-state index in [1.165, 1.54) is 23.0 Å². The Bertz CT molecular complexity index is 622. The average Bonchev–Trinajstić information content (AvgIpc) is 2.93. The molecule has 0 amide bonds. The third kappa shape index (κ3) is 2.72. The van der Waals surface area contributed by atoms with Gasteiger partial charge in [0.15, 0.2) is 5.82 Å². The summed E-state index contributed by atoms with van der Waals surface area (Å²) in [5, 5.41) is 9.14. The molecule has 0 aliphatic rings. The van der Waals surface area contributed by atoms with E-state index in [2.05, 4.69) is 10.2 Å². The van der Waals surface area contributed by atoms with E-state index in [0.717, 1.165) is 4.88 Å². The second kappa shape index (κ2) is 5.35. The SMILES string of the molecule is COCCn1c(-c2cccs2)nnc1S(=O)(=O)Cl. The topological polar surface area (TPSA) is 74.1 Å². The van der Waals surface area contributed by atoms with Crippen molar-refractivity contribution in [2.24, 2.45) is 0 Å². The highest BCUT2D eigenvalue weighted by molar-refractivity contribution is 8.13. The molecule has 0 saturated heterocycles. The lowest BCUT2D eigenvalue weighted by molar-refractivity contribution is 0.185. The van der Waals surface area contributed by atoms with Crippen LogP contribution < -0.4 is 0 Å². The summed E-state index contributed by atoms with van der Waals surface area (Å²) in [5.41, 5.74) is 0. The van der Waals surface area contributed by atoms with Crippen LogP contribution in [0, 0.1) is 0 Å². The van der Waals surface area contributed by atoms with Crippen LogP contribution in [0.25, 0.3) is 10.7 Å². The van der Waals surface area contributed by atoms with Crippen LogP contribution in [0.15, 0.2) is 22.7 Å². The molecule has 0 N–H and O–H groups in total. The summed E-state index contributed by atoms with van der Waals surface area (Å²) < 4.78 is 29.2. The predicted octanol–water partition coefficient (Wildman–Crippen LogP) is 1.58. The highest BCUT2D eigenvalue weighted by Crippen LogP contribution is 2.25. The third-order valence-electron chi connectivity index (χ3n) is 2.20. The van der Waals surface area contributed by atoms with Gasteiger partial charge in [-0.2, -0.15) is 0 Å². The number of methoxy groups -OCH3 is 1. The number of hydrogen-bond donors (Lipinski definition) is 0. The van der Waals surface area contributed by atoms with E-state index in [0.29, 0.717) is 19.0 Å². The maximum Gasteiger partial charge on any atom is 0.296 e. The number of rotatable bonds is 5. The van der Waals surface area contributed by atoms with Crippen molar-refractivity contribution in [1.82, 2.24) is 14.8 Å². The van der Waals surface area contributed by atoms with Gasteiger partial charge in [-0.3, -0.25) is 4.57 Å². The number of halogens is 1.